The summed E-state index contributed by atoms with van der Waals surface area (Å²) in [5.41, 5.74) is 2.87. The Hall–Kier alpha value is -2.73. The van der Waals surface area contributed by atoms with Crippen LogP contribution in [0.4, 0.5) is 10.1 Å². The highest BCUT2D eigenvalue weighted by Gasteiger charge is 2.27. The van der Waals surface area contributed by atoms with Crippen molar-refractivity contribution in [2.24, 2.45) is 0 Å². The zero-order valence-corrected chi connectivity index (χ0v) is 14.3. The van der Waals surface area contributed by atoms with Gasteiger partial charge in [0, 0.05) is 16.5 Å². The summed E-state index contributed by atoms with van der Waals surface area (Å²) in [4.78, 5) is 18.4. The molecule has 4 rings (SSSR count). The van der Waals surface area contributed by atoms with E-state index < -0.39 is 0 Å². The van der Waals surface area contributed by atoms with Crippen LogP contribution in [0.2, 0.25) is 0 Å². The average Bonchev–Trinajstić information content (AvgIpc) is 3.05. The summed E-state index contributed by atoms with van der Waals surface area (Å²) in [6.45, 7) is 2.07. The zero-order chi connectivity index (χ0) is 17.4. The van der Waals surface area contributed by atoms with Crippen LogP contribution in [0.25, 0.3) is 11.3 Å². The Kier molecular flexibility index (Phi) is 3.97. The summed E-state index contributed by atoms with van der Waals surface area (Å²) in [7, 11) is 0. The second kappa shape index (κ2) is 6.29. The highest BCUT2D eigenvalue weighted by atomic mass is 32.1. The summed E-state index contributed by atoms with van der Waals surface area (Å²) >= 11 is 1.57. The van der Waals surface area contributed by atoms with E-state index in [1.54, 1.807) is 34.4 Å². The minimum atomic E-state index is -0.324. The third-order valence-electron chi connectivity index (χ3n) is 4.10. The molecule has 1 aromatic heterocycles. The molecule has 0 N–H and O–H groups in total. The van der Waals surface area contributed by atoms with Crippen molar-refractivity contribution in [3.8, 4) is 17.0 Å². The number of ether oxygens (including phenoxy) is 1. The first kappa shape index (κ1) is 15.8. The number of nitrogens with zero attached hydrogens (tertiary/aromatic N) is 2. The van der Waals surface area contributed by atoms with E-state index in [-0.39, 0.29) is 24.9 Å². The van der Waals surface area contributed by atoms with E-state index in [1.807, 2.05) is 30.5 Å². The van der Waals surface area contributed by atoms with E-state index in [2.05, 4.69) is 4.98 Å². The molecule has 3 aromatic rings. The molecule has 2 aromatic carbocycles. The van der Waals surface area contributed by atoms with Gasteiger partial charge in [-0.25, -0.2) is 9.37 Å². The van der Waals surface area contributed by atoms with Gasteiger partial charge in [-0.1, -0.05) is 18.2 Å². The Morgan fingerprint density at radius 3 is 2.88 bits per heavy atom. The van der Waals surface area contributed by atoms with Crippen molar-refractivity contribution in [3.63, 3.8) is 0 Å². The summed E-state index contributed by atoms with van der Waals surface area (Å²) in [6.07, 6.45) is 0. The normalized spacial score (nSPS) is 13.5. The number of amides is 1. The number of fused-ring (bicyclic) bond motifs is 1. The van der Waals surface area contributed by atoms with Crippen molar-refractivity contribution in [1.29, 1.82) is 0 Å². The summed E-state index contributed by atoms with van der Waals surface area (Å²) in [6, 6.07) is 12.1. The Morgan fingerprint density at radius 2 is 2.12 bits per heavy atom. The summed E-state index contributed by atoms with van der Waals surface area (Å²) < 4.78 is 19.5. The lowest BCUT2D eigenvalue weighted by Crippen LogP contribution is -2.38. The van der Waals surface area contributed by atoms with Gasteiger partial charge in [0.1, 0.15) is 11.6 Å². The molecular weight excluding hydrogens is 339 g/mol. The average molecular weight is 354 g/mol. The number of halogens is 1. The van der Waals surface area contributed by atoms with Crippen molar-refractivity contribution in [2.45, 2.75) is 13.5 Å². The largest absolute Gasteiger partial charge is 0.482 e. The molecule has 0 aliphatic carbocycles. The van der Waals surface area contributed by atoms with Gasteiger partial charge in [-0.2, -0.15) is 0 Å². The zero-order valence-electron chi connectivity index (χ0n) is 13.5. The molecule has 1 amide bonds. The molecule has 0 unspecified atom stereocenters. The lowest BCUT2D eigenvalue weighted by Gasteiger charge is -2.30. The van der Waals surface area contributed by atoms with Crippen LogP contribution in [-0.4, -0.2) is 17.5 Å². The van der Waals surface area contributed by atoms with Gasteiger partial charge in [-0.05, 0) is 31.2 Å². The molecule has 2 heterocycles. The van der Waals surface area contributed by atoms with Crippen molar-refractivity contribution in [2.75, 3.05) is 11.5 Å². The Morgan fingerprint density at radius 1 is 1.28 bits per heavy atom. The molecule has 0 spiro atoms. The molecule has 0 atom stereocenters. The van der Waals surface area contributed by atoms with E-state index in [9.17, 15) is 9.18 Å². The minimum absolute atomic E-state index is 0.0450. The minimum Gasteiger partial charge on any atom is -0.482 e. The predicted octanol–water partition coefficient (Wildman–Crippen LogP) is 4.18. The topological polar surface area (TPSA) is 42.4 Å². The number of carbonyl (C=O) groups excluding carboxylic acids is 1. The smallest absolute Gasteiger partial charge is 0.265 e. The van der Waals surface area contributed by atoms with Gasteiger partial charge in [0.15, 0.2) is 6.61 Å². The van der Waals surface area contributed by atoms with Crippen molar-refractivity contribution >= 4 is 22.9 Å². The third kappa shape index (κ3) is 3.00. The van der Waals surface area contributed by atoms with Gasteiger partial charge < -0.3 is 9.64 Å². The van der Waals surface area contributed by atoms with Crippen molar-refractivity contribution in [1.82, 2.24) is 4.98 Å². The molecule has 0 saturated carbocycles. The van der Waals surface area contributed by atoms with Gasteiger partial charge in [0.25, 0.3) is 5.91 Å². The second-order valence-electron chi connectivity index (χ2n) is 5.79. The molecule has 0 fully saturated rings. The van der Waals surface area contributed by atoms with Crippen LogP contribution in [0.5, 0.6) is 5.75 Å². The van der Waals surface area contributed by atoms with Gasteiger partial charge >= 0.3 is 0 Å². The van der Waals surface area contributed by atoms with Gasteiger partial charge in [-0.15, -0.1) is 11.3 Å². The fourth-order valence-electron chi connectivity index (χ4n) is 2.83. The summed E-state index contributed by atoms with van der Waals surface area (Å²) in [5, 5.41) is 2.95. The molecular formula is C19H15FN2O2S. The second-order valence-corrected chi connectivity index (χ2v) is 6.86. The van der Waals surface area contributed by atoms with E-state index >= 15 is 0 Å². The van der Waals surface area contributed by atoms with Gasteiger partial charge in [0.05, 0.1) is 22.9 Å². The lowest BCUT2D eigenvalue weighted by atomic mass is 10.1. The van der Waals surface area contributed by atoms with E-state index in [0.29, 0.717) is 17.0 Å². The number of rotatable bonds is 3. The van der Waals surface area contributed by atoms with Crippen molar-refractivity contribution < 1.29 is 13.9 Å². The van der Waals surface area contributed by atoms with E-state index in [1.165, 1.54) is 6.07 Å². The number of aromatic nitrogens is 1. The van der Waals surface area contributed by atoms with Crippen LogP contribution < -0.4 is 9.64 Å². The lowest BCUT2D eigenvalue weighted by molar-refractivity contribution is -0.121. The molecule has 1 aliphatic rings. The highest BCUT2D eigenvalue weighted by Crippen LogP contribution is 2.37. The van der Waals surface area contributed by atoms with Crippen LogP contribution in [0.3, 0.4) is 0 Å². The fraction of sp³-hybridized carbons (Fsp3) is 0.158. The maximum absolute atomic E-state index is 14.0. The number of benzene rings is 2. The molecule has 1 aliphatic heterocycles. The first-order valence-corrected chi connectivity index (χ1v) is 8.73. The van der Waals surface area contributed by atoms with Crippen LogP contribution in [0, 0.1) is 12.7 Å². The molecule has 4 nitrogen and oxygen atoms in total. The number of anilines is 1. The monoisotopic (exact) mass is 354 g/mol. The number of carbonyl (C=O) groups is 1. The molecule has 0 bridgehead atoms. The van der Waals surface area contributed by atoms with Crippen LogP contribution >= 0.6 is 11.3 Å². The molecule has 25 heavy (non-hydrogen) atoms. The van der Waals surface area contributed by atoms with Gasteiger partial charge in [-0.3, -0.25) is 4.79 Å². The quantitative estimate of drug-likeness (QED) is 0.708. The van der Waals surface area contributed by atoms with Crippen LogP contribution in [0.15, 0.2) is 47.8 Å². The number of hydrogen-bond acceptors (Lipinski definition) is 4. The SMILES string of the molecule is Cc1nc(-c2ccc3c(c2)N(Cc2ccccc2F)C(=O)CO3)cs1. The van der Waals surface area contributed by atoms with E-state index in [4.69, 9.17) is 4.74 Å². The Balaban J connectivity index is 1.74. The van der Waals surface area contributed by atoms with Gasteiger partial charge in [0.2, 0.25) is 0 Å². The number of aryl methyl sites for hydroxylation is 1. The first-order valence-electron chi connectivity index (χ1n) is 7.85. The predicted molar refractivity (Wildman–Crippen MR) is 95.4 cm³/mol. The first-order chi connectivity index (χ1) is 12.1. The number of thiazole rings is 1. The fourth-order valence-corrected chi connectivity index (χ4v) is 3.45. The molecule has 0 radical (unpaired) electrons. The maximum atomic E-state index is 14.0. The molecule has 0 saturated heterocycles. The van der Waals surface area contributed by atoms with Crippen molar-refractivity contribution in [3.05, 3.63) is 64.2 Å². The van der Waals surface area contributed by atoms with Crippen LogP contribution in [-0.2, 0) is 11.3 Å². The molecule has 126 valence electrons. The Bertz CT molecular complexity index is 954. The van der Waals surface area contributed by atoms with Crippen LogP contribution in [0.1, 0.15) is 10.6 Å². The molecule has 6 heteroatoms. The third-order valence-corrected chi connectivity index (χ3v) is 4.88. The van der Waals surface area contributed by atoms with E-state index in [0.717, 1.165) is 16.3 Å². The standard InChI is InChI=1S/C19H15FN2O2S/c1-12-21-16(11-25-12)13-6-7-18-17(8-13)22(19(23)10-24-18)9-14-4-2-3-5-15(14)20/h2-8,11H,9-10H2,1H3. The summed E-state index contributed by atoms with van der Waals surface area (Å²) in [5.74, 6) is 0.101. The number of hydrogen-bond donors (Lipinski definition) is 0. The Labute approximate surface area is 148 Å². The highest BCUT2D eigenvalue weighted by molar-refractivity contribution is 7.09. The maximum Gasteiger partial charge on any atom is 0.265 e.